The van der Waals surface area contributed by atoms with E-state index in [1.54, 1.807) is 24.3 Å². The van der Waals surface area contributed by atoms with Crippen LogP contribution in [0, 0.1) is 12.8 Å². The fourth-order valence-electron chi connectivity index (χ4n) is 3.38. The van der Waals surface area contributed by atoms with E-state index in [4.69, 9.17) is 4.18 Å². The maximum absolute atomic E-state index is 12.4. The molecule has 1 atom stereocenters. The Kier molecular flexibility index (Phi) is 3.39. The van der Waals surface area contributed by atoms with Gasteiger partial charge in [0.1, 0.15) is 12.6 Å². The first-order chi connectivity index (χ1) is 9.38. The van der Waals surface area contributed by atoms with Crippen LogP contribution in [0.2, 0.25) is 0 Å². The second kappa shape index (κ2) is 4.83. The first-order valence-electron chi connectivity index (χ1n) is 7.22. The SMILES string of the molecule is Cc1ccc(S(=O)(=O)OC2C[N+]3(C)CCC2CC3)cc1. The lowest BCUT2D eigenvalue weighted by Crippen LogP contribution is -2.62. The molecule has 5 heteroatoms. The molecule has 0 N–H and O–H groups in total. The Labute approximate surface area is 121 Å². The molecule has 3 heterocycles. The van der Waals surface area contributed by atoms with Crippen molar-refractivity contribution in [3.8, 4) is 0 Å². The highest BCUT2D eigenvalue weighted by Gasteiger charge is 2.45. The molecule has 1 aromatic carbocycles. The van der Waals surface area contributed by atoms with Gasteiger partial charge in [-0.3, -0.25) is 4.18 Å². The third kappa shape index (κ3) is 2.62. The Hall–Kier alpha value is -0.910. The lowest BCUT2D eigenvalue weighted by molar-refractivity contribution is -0.928. The van der Waals surface area contributed by atoms with Crippen LogP contribution in [0.1, 0.15) is 18.4 Å². The van der Waals surface area contributed by atoms with Crippen LogP contribution < -0.4 is 0 Å². The van der Waals surface area contributed by atoms with Gasteiger partial charge >= 0.3 is 0 Å². The van der Waals surface area contributed by atoms with Crippen molar-refractivity contribution in [2.45, 2.75) is 30.8 Å². The van der Waals surface area contributed by atoms with Gasteiger partial charge in [-0.05, 0) is 19.1 Å². The van der Waals surface area contributed by atoms with Crippen molar-refractivity contribution in [1.29, 1.82) is 0 Å². The molecular weight excluding hydrogens is 274 g/mol. The molecule has 2 bridgehead atoms. The summed E-state index contributed by atoms with van der Waals surface area (Å²) in [7, 11) is -1.44. The summed E-state index contributed by atoms with van der Waals surface area (Å²) in [5.41, 5.74) is 1.05. The zero-order valence-electron chi connectivity index (χ0n) is 12.1. The number of benzene rings is 1. The summed E-state index contributed by atoms with van der Waals surface area (Å²) in [5, 5.41) is 0. The number of hydrogen-bond acceptors (Lipinski definition) is 3. The van der Waals surface area contributed by atoms with Crippen molar-refractivity contribution in [2.24, 2.45) is 5.92 Å². The van der Waals surface area contributed by atoms with Gasteiger partial charge in [-0.2, -0.15) is 8.42 Å². The summed E-state index contributed by atoms with van der Waals surface area (Å²) in [5.74, 6) is 0.398. The Bertz CT molecular complexity index is 586. The highest BCUT2D eigenvalue weighted by atomic mass is 32.2. The fourth-order valence-corrected chi connectivity index (χ4v) is 4.51. The molecule has 3 saturated heterocycles. The molecule has 0 saturated carbocycles. The van der Waals surface area contributed by atoms with Crippen LogP contribution in [0.25, 0.3) is 0 Å². The number of piperidine rings is 3. The molecule has 3 aliphatic heterocycles. The molecule has 1 aromatic rings. The Balaban J connectivity index is 1.78. The molecule has 4 nitrogen and oxygen atoms in total. The molecule has 0 aliphatic carbocycles. The van der Waals surface area contributed by atoms with Crippen molar-refractivity contribution in [2.75, 3.05) is 26.7 Å². The maximum atomic E-state index is 12.4. The van der Waals surface area contributed by atoms with E-state index < -0.39 is 10.1 Å². The smallest absolute Gasteiger partial charge is 0.297 e. The van der Waals surface area contributed by atoms with Gasteiger partial charge in [-0.1, -0.05) is 17.7 Å². The molecule has 110 valence electrons. The molecule has 0 radical (unpaired) electrons. The van der Waals surface area contributed by atoms with E-state index in [0.717, 1.165) is 42.5 Å². The van der Waals surface area contributed by atoms with E-state index in [2.05, 4.69) is 7.05 Å². The van der Waals surface area contributed by atoms with Crippen molar-refractivity contribution in [3.63, 3.8) is 0 Å². The van der Waals surface area contributed by atoms with Gasteiger partial charge in [0.15, 0.2) is 0 Å². The second-order valence-corrected chi connectivity index (χ2v) is 8.06. The van der Waals surface area contributed by atoms with E-state index in [1.165, 1.54) is 0 Å². The molecule has 0 spiro atoms. The van der Waals surface area contributed by atoms with E-state index in [0.29, 0.717) is 5.92 Å². The van der Waals surface area contributed by atoms with Crippen molar-refractivity contribution >= 4 is 10.1 Å². The van der Waals surface area contributed by atoms with Crippen LogP contribution in [-0.4, -0.2) is 45.7 Å². The molecule has 4 rings (SSSR count). The van der Waals surface area contributed by atoms with Gasteiger partial charge in [0, 0.05) is 18.8 Å². The molecule has 3 fully saturated rings. The number of quaternary nitrogens is 1. The summed E-state index contributed by atoms with van der Waals surface area (Å²) in [6, 6.07) is 6.87. The summed E-state index contributed by atoms with van der Waals surface area (Å²) in [4.78, 5) is 0.266. The van der Waals surface area contributed by atoms with Crippen LogP contribution in [0.15, 0.2) is 29.2 Å². The lowest BCUT2D eigenvalue weighted by atomic mass is 9.84. The van der Waals surface area contributed by atoms with E-state index in [-0.39, 0.29) is 11.0 Å². The third-order valence-electron chi connectivity index (χ3n) is 4.79. The topological polar surface area (TPSA) is 43.4 Å². The molecule has 0 amide bonds. The Morgan fingerprint density at radius 2 is 1.75 bits per heavy atom. The van der Waals surface area contributed by atoms with Gasteiger partial charge in [0.2, 0.25) is 0 Å². The number of aryl methyl sites for hydroxylation is 1. The van der Waals surface area contributed by atoms with Crippen molar-refractivity contribution in [1.82, 2.24) is 0 Å². The van der Waals surface area contributed by atoms with Crippen molar-refractivity contribution < 1.29 is 17.1 Å². The minimum absolute atomic E-state index is 0.159. The van der Waals surface area contributed by atoms with Gasteiger partial charge in [0.25, 0.3) is 10.1 Å². The first kappa shape index (κ1) is 14.0. The molecule has 0 aromatic heterocycles. The standard InChI is InChI=1S/C15H22NO3S/c1-12-3-5-14(6-4-12)20(17,18)19-15-11-16(2)9-7-13(15)8-10-16/h3-6,13,15H,7-11H2,1-2H3/q+1. The number of fused-ring (bicyclic) bond motifs is 3. The molecular formula is C15H22NO3S+. The second-order valence-electron chi connectivity index (χ2n) is 6.49. The Morgan fingerprint density at radius 3 is 2.30 bits per heavy atom. The summed E-state index contributed by atoms with van der Waals surface area (Å²) < 4.78 is 31.2. The Morgan fingerprint density at radius 1 is 1.15 bits per heavy atom. The van der Waals surface area contributed by atoms with Crippen LogP contribution in [-0.2, 0) is 14.3 Å². The van der Waals surface area contributed by atoms with Crippen LogP contribution >= 0.6 is 0 Å². The normalized spacial score (nSPS) is 33.3. The lowest BCUT2D eigenvalue weighted by Gasteiger charge is -2.49. The van der Waals surface area contributed by atoms with Crippen LogP contribution in [0.4, 0.5) is 0 Å². The van der Waals surface area contributed by atoms with Crippen molar-refractivity contribution in [3.05, 3.63) is 29.8 Å². The summed E-state index contributed by atoms with van der Waals surface area (Å²) in [6.07, 6.45) is 1.99. The number of nitrogens with zero attached hydrogens (tertiary/aromatic N) is 1. The molecule has 20 heavy (non-hydrogen) atoms. The van der Waals surface area contributed by atoms with Crippen LogP contribution in [0.5, 0.6) is 0 Å². The summed E-state index contributed by atoms with van der Waals surface area (Å²) in [6.45, 7) is 5.05. The molecule has 3 aliphatic rings. The predicted molar refractivity (Wildman–Crippen MR) is 76.7 cm³/mol. The van der Waals surface area contributed by atoms with Gasteiger partial charge in [0.05, 0.1) is 25.0 Å². The first-order valence-corrected chi connectivity index (χ1v) is 8.62. The quantitative estimate of drug-likeness (QED) is 0.632. The van der Waals surface area contributed by atoms with Gasteiger partial charge < -0.3 is 4.48 Å². The monoisotopic (exact) mass is 296 g/mol. The highest BCUT2D eigenvalue weighted by molar-refractivity contribution is 7.86. The minimum Gasteiger partial charge on any atom is -0.324 e. The van der Waals surface area contributed by atoms with E-state index in [9.17, 15) is 8.42 Å². The predicted octanol–water partition coefficient (Wildman–Crippen LogP) is 1.94. The zero-order chi connectivity index (χ0) is 14.4. The average molecular weight is 296 g/mol. The highest BCUT2D eigenvalue weighted by Crippen LogP contribution is 2.35. The van der Waals surface area contributed by atoms with Gasteiger partial charge in [-0.15, -0.1) is 0 Å². The number of rotatable bonds is 3. The average Bonchev–Trinajstić information content (AvgIpc) is 2.39. The van der Waals surface area contributed by atoms with E-state index >= 15 is 0 Å². The minimum atomic E-state index is -3.64. The number of hydrogen-bond donors (Lipinski definition) is 0. The van der Waals surface area contributed by atoms with Gasteiger partial charge in [-0.25, -0.2) is 0 Å². The maximum Gasteiger partial charge on any atom is 0.297 e. The summed E-state index contributed by atoms with van der Waals surface area (Å²) >= 11 is 0. The largest absolute Gasteiger partial charge is 0.324 e. The van der Waals surface area contributed by atoms with Crippen LogP contribution in [0.3, 0.4) is 0 Å². The van der Waals surface area contributed by atoms with E-state index in [1.807, 2.05) is 6.92 Å². The third-order valence-corrected chi connectivity index (χ3v) is 6.14. The molecule has 1 unspecified atom stereocenters. The zero-order valence-corrected chi connectivity index (χ0v) is 12.9. The fraction of sp³-hybridized carbons (Fsp3) is 0.600. The number of likely N-dealkylation sites (N-methyl/N-ethyl adjacent to an activating group) is 1.